The average Bonchev–Trinajstić information content (AvgIpc) is 3.60. The Hall–Kier alpha value is -4.65. The number of carbonyl (C=O) groups is 2. The van der Waals surface area contributed by atoms with Crippen LogP contribution < -0.4 is 4.74 Å². The van der Waals surface area contributed by atoms with E-state index in [4.69, 9.17) is 4.74 Å². The third kappa shape index (κ3) is 5.75. The number of rotatable bonds is 8. The Labute approximate surface area is 263 Å². The van der Waals surface area contributed by atoms with Crippen LogP contribution in [0.3, 0.4) is 0 Å². The molecule has 7 rings (SSSR count). The van der Waals surface area contributed by atoms with Gasteiger partial charge in [-0.15, -0.1) is 5.10 Å². The van der Waals surface area contributed by atoms with E-state index in [1.165, 1.54) is 20.0 Å². The fraction of sp³-hybridized carbons (Fsp3) is 0.394. The van der Waals surface area contributed by atoms with E-state index < -0.39 is 17.5 Å². The zero-order valence-corrected chi connectivity index (χ0v) is 25.4. The summed E-state index contributed by atoms with van der Waals surface area (Å²) < 4.78 is 52.4. The predicted molar refractivity (Wildman–Crippen MR) is 164 cm³/mol. The molecule has 2 amide bonds. The van der Waals surface area contributed by atoms with E-state index in [1.807, 2.05) is 6.08 Å². The normalized spacial score (nSPS) is 17.4. The number of hydrogen-bond donors (Lipinski definition) is 1. The van der Waals surface area contributed by atoms with Crippen LogP contribution in [0.25, 0.3) is 27.6 Å². The summed E-state index contributed by atoms with van der Waals surface area (Å²) in [5, 5.41) is 8.00. The molecule has 1 aliphatic carbocycles. The van der Waals surface area contributed by atoms with Gasteiger partial charge in [0.15, 0.2) is 17.5 Å². The highest BCUT2D eigenvalue weighted by Gasteiger charge is 2.33. The summed E-state index contributed by atoms with van der Waals surface area (Å²) in [5.41, 5.74) is 1.61. The third-order valence-electron chi connectivity index (χ3n) is 9.16. The molecule has 0 unspecified atom stereocenters. The summed E-state index contributed by atoms with van der Waals surface area (Å²) in [4.78, 5) is 35.6. The number of nitrogens with zero attached hydrogens (tertiary/aromatic N) is 6. The molecule has 0 atom stereocenters. The molecule has 0 bridgehead atoms. The van der Waals surface area contributed by atoms with Gasteiger partial charge in [0.05, 0.1) is 25.4 Å². The number of H-pyrrole nitrogens is 1. The van der Waals surface area contributed by atoms with Crippen molar-refractivity contribution in [3.63, 3.8) is 0 Å². The minimum atomic E-state index is -1.09. The topological polar surface area (TPSA) is 99.6 Å². The molecular formula is C33H34F3N7O3. The molecule has 2 aliphatic heterocycles. The number of aromatic nitrogens is 4. The van der Waals surface area contributed by atoms with E-state index in [1.54, 1.807) is 39.0 Å². The number of carbonyl (C=O) groups excluding carboxylic acids is 2. The minimum absolute atomic E-state index is 0.0607. The number of hydrogen-bond acceptors (Lipinski definition) is 6. The van der Waals surface area contributed by atoms with Crippen LogP contribution in [0.1, 0.15) is 41.7 Å². The van der Waals surface area contributed by atoms with Crippen LogP contribution in [0, 0.1) is 17.5 Å². The standard InChI is InChI=1S/C33H34F3N7O3/c1-46-29-18-27(35)26(34)16-24(29)23-15-22(20-3-2-8-42(19-20)30(44)6-9-43-10-7-37-39-43)31(36)32-25(23)17-28(38-32)33(45)41-13-11-40(12-14-41)21-4-5-21/h3,7,10,15-18,21,38H,2,4-6,8-9,11-14,19H2,1H3. The monoisotopic (exact) mass is 633 g/mol. The Balaban J connectivity index is 1.25. The molecule has 46 heavy (non-hydrogen) atoms. The van der Waals surface area contributed by atoms with Crippen LogP contribution >= 0.6 is 0 Å². The van der Waals surface area contributed by atoms with E-state index >= 15 is 4.39 Å². The van der Waals surface area contributed by atoms with Crippen molar-refractivity contribution < 1.29 is 27.5 Å². The van der Waals surface area contributed by atoms with Crippen molar-refractivity contribution >= 4 is 28.3 Å². The van der Waals surface area contributed by atoms with Crippen molar-refractivity contribution in [1.82, 2.24) is 34.7 Å². The van der Waals surface area contributed by atoms with Crippen LogP contribution in [0.15, 0.2) is 42.7 Å². The van der Waals surface area contributed by atoms with Crippen molar-refractivity contribution in [1.29, 1.82) is 0 Å². The smallest absolute Gasteiger partial charge is 0.270 e. The number of fused-ring (bicyclic) bond motifs is 1. The van der Waals surface area contributed by atoms with Crippen molar-refractivity contribution in [3.8, 4) is 16.9 Å². The Kier molecular flexibility index (Phi) is 8.01. The summed E-state index contributed by atoms with van der Waals surface area (Å²) in [5.74, 6) is -3.07. The Morgan fingerprint density at radius 2 is 1.74 bits per heavy atom. The first-order valence-corrected chi connectivity index (χ1v) is 15.5. The molecular weight excluding hydrogens is 599 g/mol. The fourth-order valence-corrected chi connectivity index (χ4v) is 6.51. The lowest BCUT2D eigenvalue weighted by Gasteiger charge is -2.34. The number of benzene rings is 2. The lowest BCUT2D eigenvalue weighted by Crippen LogP contribution is -2.49. The molecule has 13 heteroatoms. The van der Waals surface area contributed by atoms with Gasteiger partial charge in [-0.05, 0) is 48.6 Å². The van der Waals surface area contributed by atoms with E-state index in [0.29, 0.717) is 55.2 Å². The van der Waals surface area contributed by atoms with Gasteiger partial charge in [-0.3, -0.25) is 19.2 Å². The van der Waals surface area contributed by atoms with Crippen LogP contribution in [0.4, 0.5) is 13.2 Å². The van der Waals surface area contributed by atoms with Gasteiger partial charge >= 0.3 is 0 Å². The van der Waals surface area contributed by atoms with E-state index in [0.717, 1.165) is 25.2 Å². The highest BCUT2D eigenvalue weighted by atomic mass is 19.2. The second-order valence-electron chi connectivity index (χ2n) is 12.0. The summed E-state index contributed by atoms with van der Waals surface area (Å²) >= 11 is 0. The number of methoxy groups -OCH3 is 1. The molecule has 0 radical (unpaired) electrons. The Bertz CT molecular complexity index is 1830. The molecule has 240 valence electrons. The maximum atomic E-state index is 16.5. The Morgan fingerprint density at radius 1 is 0.957 bits per heavy atom. The molecule has 4 aromatic rings. The number of aryl methyl sites for hydroxylation is 1. The maximum absolute atomic E-state index is 16.5. The van der Waals surface area contributed by atoms with E-state index in [9.17, 15) is 18.4 Å². The summed E-state index contributed by atoms with van der Waals surface area (Å²) in [6.45, 7) is 3.70. The number of aromatic amines is 1. The van der Waals surface area contributed by atoms with Crippen molar-refractivity contribution in [2.24, 2.45) is 0 Å². The van der Waals surface area contributed by atoms with E-state index in [-0.39, 0.29) is 52.9 Å². The molecule has 10 nitrogen and oxygen atoms in total. The van der Waals surface area contributed by atoms with Gasteiger partial charge in [-0.25, -0.2) is 13.2 Å². The van der Waals surface area contributed by atoms with Gasteiger partial charge in [-0.2, -0.15) is 0 Å². The van der Waals surface area contributed by atoms with Crippen LogP contribution in [-0.2, 0) is 11.3 Å². The largest absolute Gasteiger partial charge is 0.496 e. The number of ether oxygens (including phenoxy) is 1. The van der Waals surface area contributed by atoms with E-state index in [2.05, 4.69) is 20.2 Å². The summed E-state index contributed by atoms with van der Waals surface area (Å²) in [6, 6.07) is 5.72. The lowest BCUT2D eigenvalue weighted by atomic mass is 9.92. The van der Waals surface area contributed by atoms with Gasteiger partial charge in [0.2, 0.25) is 5.91 Å². The van der Waals surface area contributed by atoms with Gasteiger partial charge in [-0.1, -0.05) is 11.3 Å². The number of nitrogens with one attached hydrogen (secondary N) is 1. The average molecular weight is 634 g/mol. The second kappa shape index (κ2) is 12.3. The molecule has 1 N–H and O–H groups in total. The summed E-state index contributed by atoms with van der Waals surface area (Å²) in [6.07, 6.45) is 8.19. The lowest BCUT2D eigenvalue weighted by molar-refractivity contribution is -0.131. The first-order chi connectivity index (χ1) is 22.3. The van der Waals surface area contributed by atoms with Gasteiger partial charge < -0.3 is 19.5 Å². The molecule has 4 heterocycles. The molecule has 2 aromatic heterocycles. The minimum Gasteiger partial charge on any atom is -0.496 e. The quantitative estimate of drug-likeness (QED) is 0.307. The van der Waals surface area contributed by atoms with Crippen molar-refractivity contribution in [2.45, 2.75) is 38.3 Å². The number of piperazine rings is 1. The molecule has 2 aromatic carbocycles. The van der Waals surface area contributed by atoms with Crippen molar-refractivity contribution in [3.05, 3.63) is 71.4 Å². The predicted octanol–water partition coefficient (Wildman–Crippen LogP) is 4.48. The summed E-state index contributed by atoms with van der Waals surface area (Å²) in [7, 11) is 1.34. The SMILES string of the molecule is COc1cc(F)c(F)cc1-c1cc(C2=CCCN(C(=O)CCn3ccnn3)C2)c(F)c2[nH]c(C(=O)N3CCN(C4CC4)CC3)cc12. The maximum Gasteiger partial charge on any atom is 0.270 e. The zero-order chi connectivity index (χ0) is 31.9. The highest BCUT2D eigenvalue weighted by molar-refractivity contribution is 6.05. The fourth-order valence-electron chi connectivity index (χ4n) is 6.51. The first-order valence-electron chi connectivity index (χ1n) is 15.5. The molecule has 3 aliphatic rings. The molecule has 0 spiro atoms. The number of amides is 2. The zero-order valence-electron chi connectivity index (χ0n) is 25.4. The Morgan fingerprint density at radius 3 is 2.46 bits per heavy atom. The van der Waals surface area contributed by atoms with Gasteiger partial charge in [0, 0.05) is 80.5 Å². The molecule has 1 saturated carbocycles. The van der Waals surface area contributed by atoms with Crippen LogP contribution in [-0.4, -0.2) is 98.9 Å². The van der Waals surface area contributed by atoms with Crippen LogP contribution in [0.2, 0.25) is 0 Å². The molecule has 1 saturated heterocycles. The molecule has 2 fully saturated rings. The second-order valence-corrected chi connectivity index (χ2v) is 12.0. The van der Waals surface area contributed by atoms with Crippen LogP contribution in [0.5, 0.6) is 5.75 Å². The first kappa shape index (κ1) is 30.0. The van der Waals surface area contributed by atoms with Gasteiger partial charge in [0.25, 0.3) is 5.91 Å². The van der Waals surface area contributed by atoms with Crippen molar-refractivity contribution in [2.75, 3.05) is 46.4 Å². The highest BCUT2D eigenvalue weighted by Crippen LogP contribution is 2.41. The number of halogens is 3. The third-order valence-corrected chi connectivity index (χ3v) is 9.16. The van der Waals surface area contributed by atoms with Gasteiger partial charge in [0.1, 0.15) is 11.4 Å².